The van der Waals surface area contributed by atoms with Gasteiger partial charge >= 0.3 is 0 Å². The number of hydrogen-bond acceptors (Lipinski definition) is 6. The SMILES string of the molecule is NC1CS(=O)(=O)CCC1NC(=O)c1cc(-c2cnn3ccccc23)c(Cl)s1. The van der Waals surface area contributed by atoms with Gasteiger partial charge in [0.25, 0.3) is 5.91 Å². The Bertz CT molecular complexity index is 1120. The third-order valence-corrected chi connectivity index (χ3v) is 7.75. The van der Waals surface area contributed by atoms with Gasteiger partial charge < -0.3 is 11.1 Å². The first-order valence-corrected chi connectivity index (χ1v) is 11.3. The molecule has 0 spiro atoms. The lowest BCUT2D eigenvalue weighted by molar-refractivity contribution is 0.0934. The van der Waals surface area contributed by atoms with Gasteiger partial charge in [-0.3, -0.25) is 4.79 Å². The number of carbonyl (C=O) groups excluding carboxylic acids is 1. The predicted molar refractivity (Wildman–Crippen MR) is 106 cm³/mol. The predicted octanol–water partition coefficient (Wildman–Crippen LogP) is 1.96. The van der Waals surface area contributed by atoms with E-state index in [9.17, 15) is 13.2 Å². The highest BCUT2D eigenvalue weighted by Gasteiger charge is 2.32. The van der Waals surface area contributed by atoms with Gasteiger partial charge in [0.1, 0.15) is 4.34 Å². The third-order valence-electron chi connectivity index (χ3n) is 4.65. The van der Waals surface area contributed by atoms with Crippen LogP contribution in [0.3, 0.4) is 0 Å². The number of nitrogens with zero attached hydrogens (tertiary/aromatic N) is 2. The Balaban J connectivity index is 1.57. The maximum atomic E-state index is 12.6. The number of rotatable bonds is 3. The molecule has 27 heavy (non-hydrogen) atoms. The van der Waals surface area contributed by atoms with E-state index in [1.807, 2.05) is 24.4 Å². The average Bonchev–Trinajstić information content (AvgIpc) is 3.20. The van der Waals surface area contributed by atoms with Crippen molar-refractivity contribution in [1.29, 1.82) is 0 Å². The molecule has 0 saturated carbocycles. The van der Waals surface area contributed by atoms with Crippen LogP contribution in [0.15, 0.2) is 36.7 Å². The summed E-state index contributed by atoms with van der Waals surface area (Å²) in [6.07, 6.45) is 3.87. The third kappa shape index (κ3) is 3.60. The number of pyridine rings is 1. The van der Waals surface area contributed by atoms with Gasteiger partial charge in [-0.25, -0.2) is 12.9 Å². The summed E-state index contributed by atoms with van der Waals surface area (Å²) in [5.74, 6) is -0.384. The van der Waals surface area contributed by atoms with E-state index in [0.717, 1.165) is 16.6 Å². The second-order valence-corrected chi connectivity index (χ2v) is 10.4. The lowest BCUT2D eigenvalue weighted by Gasteiger charge is -2.29. The quantitative estimate of drug-likeness (QED) is 0.668. The van der Waals surface area contributed by atoms with Gasteiger partial charge in [-0.1, -0.05) is 17.7 Å². The number of fused-ring (bicyclic) bond motifs is 1. The van der Waals surface area contributed by atoms with Gasteiger partial charge in [-0.05, 0) is 24.6 Å². The summed E-state index contributed by atoms with van der Waals surface area (Å²) in [5, 5.41) is 7.14. The lowest BCUT2D eigenvalue weighted by Crippen LogP contribution is -2.54. The molecule has 4 rings (SSSR count). The first kappa shape index (κ1) is 18.4. The van der Waals surface area contributed by atoms with Crippen LogP contribution in [0.4, 0.5) is 0 Å². The monoisotopic (exact) mass is 424 g/mol. The molecule has 0 bridgehead atoms. The van der Waals surface area contributed by atoms with E-state index in [-0.39, 0.29) is 23.5 Å². The molecule has 1 aliphatic rings. The number of hydrogen-bond donors (Lipinski definition) is 2. The van der Waals surface area contributed by atoms with Crippen LogP contribution in [0.2, 0.25) is 4.34 Å². The number of nitrogens with one attached hydrogen (secondary N) is 1. The number of nitrogens with two attached hydrogens (primary N) is 1. The Hall–Kier alpha value is -1.94. The van der Waals surface area contributed by atoms with Crippen molar-refractivity contribution >= 4 is 44.2 Å². The van der Waals surface area contributed by atoms with Crippen LogP contribution in [0.5, 0.6) is 0 Å². The molecule has 3 aromatic heterocycles. The van der Waals surface area contributed by atoms with Crippen LogP contribution in [-0.4, -0.2) is 47.5 Å². The first-order valence-electron chi connectivity index (χ1n) is 8.33. The number of aromatic nitrogens is 2. The van der Waals surface area contributed by atoms with E-state index >= 15 is 0 Å². The fourth-order valence-electron chi connectivity index (χ4n) is 3.24. The molecule has 3 aromatic rings. The molecule has 2 unspecified atom stereocenters. The Morgan fingerprint density at radius 1 is 1.37 bits per heavy atom. The summed E-state index contributed by atoms with van der Waals surface area (Å²) in [5.41, 5.74) is 8.40. The minimum Gasteiger partial charge on any atom is -0.347 e. The summed E-state index contributed by atoms with van der Waals surface area (Å²) in [4.78, 5) is 13.1. The van der Waals surface area contributed by atoms with E-state index < -0.39 is 15.9 Å². The normalized spacial score (nSPS) is 22.0. The summed E-state index contributed by atoms with van der Waals surface area (Å²) in [7, 11) is -3.12. The van der Waals surface area contributed by atoms with Gasteiger partial charge in [0, 0.05) is 29.4 Å². The Morgan fingerprint density at radius 2 is 2.19 bits per heavy atom. The van der Waals surface area contributed by atoms with Crippen LogP contribution < -0.4 is 11.1 Å². The van der Waals surface area contributed by atoms with Crippen LogP contribution >= 0.6 is 22.9 Å². The van der Waals surface area contributed by atoms with E-state index in [1.54, 1.807) is 16.8 Å². The smallest absolute Gasteiger partial charge is 0.261 e. The highest BCUT2D eigenvalue weighted by molar-refractivity contribution is 7.91. The zero-order valence-corrected chi connectivity index (χ0v) is 16.5. The van der Waals surface area contributed by atoms with Crippen molar-refractivity contribution in [1.82, 2.24) is 14.9 Å². The van der Waals surface area contributed by atoms with E-state index in [1.165, 1.54) is 11.3 Å². The summed E-state index contributed by atoms with van der Waals surface area (Å²) < 4.78 is 25.5. The van der Waals surface area contributed by atoms with Crippen LogP contribution in [0, 0.1) is 0 Å². The van der Waals surface area contributed by atoms with Gasteiger partial charge in [-0.2, -0.15) is 5.10 Å². The van der Waals surface area contributed by atoms with Crippen molar-refractivity contribution < 1.29 is 13.2 Å². The number of sulfone groups is 1. The van der Waals surface area contributed by atoms with Crippen molar-refractivity contribution in [3.63, 3.8) is 0 Å². The molecular formula is C17H17ClN4O3S2. The van der Waals surface area contributed by atoms with Crippen molar-refractivity contribution in [2.75, 3.05) is 11.5 Å². The van der Waals surface area contributed by atoms with Crippen molar-refractivity contribution in [3.8, 4) is 11.1 Å². The average molecular weight is 425 g/mol. The molecule has 0 radical (unpaired) electrons. The number of amides is 1. The van der Waals surface area contributed by atoms with E-state index in [0.29, 0.717) is 15.6 Å². The Morgan fingerprint density at radius 3 is 2.96 bits per heavy atom. The number of thiophene rings is 1. The van der Waals surface area contributed by atoms with Crippen molar-refractivity contribution in [3.05, 3.63) is 45.9 Å². The molecule has 1 fully saturated rings. The molecular weight excluding hydrogens is 408 g/mol. The molecule has 4 heterocycles. The Kier molecular flexibility index (Phi) is 4.71. The first-order chi connectivity index (χ1) is 12.8. The second-order valence-electron chi connectivity index (χ2n) is 6.53. The molecule has 1 amide bonds. The fraction of sp³-hybridized carbons (Fsp3) is 0.294. The molecule has 3 N–H and O–H groups in total. The zero-order valence-electron chi connectivity index (χ0n) is 14.1. The molecule has 10 heteroatoms. The molecule has 7 nitrogen and oxygen atoms in total. The molecule has 0 aromatic carbocycles. The number of carbonyl (C=O) groups is 1. The lowest BCUT2D eigenvalue weighted by atomic mass is 10.1. The standard InChI is InChI=1S/C17H17ClN4O3S2/c18-16-10(11-8-20-22-5-2-1-3-14(11)22)7-15(26-16)17(23)21-13-4-6-27(24,25)9-12(13)19/h1-3,5,7-8,12-13H,4,6,9,19H2,(H,21,23). The highest BCUT2D eigenvalue weighted by atomic mass is 35.5. The van der Waals surface area contributed by atoms with Gasteiger partial charge in [0.05, 0.1) is 28.1 Å². The van der Waals surface area contributed by atoms with Crippen molar-refractivity contribution in [2.24, 2.45) is 5.73 Å². The molecule has 1 aliphatic heterocycles. The summed E-state index contributed by atoms with van der Waals surface area (Å²) in [6, 6.07) is 6.47. The maximum absolute atomic E-state index is 12.6. The van der Waals surface area contributed by atoms with Crippen LogP contribution in [0.25, 0.3) is 16.6 Å². The fourth-order valence-corrected chi connectivity index (χ4v) is 6.04. The minimum atomic E-state index is -3.12. The molecule has 142 valence electrons. The topological polar surface area (TPSA) is 107 Å². The van der Waals surface area contributed by atoms with Gasteiger partial charge in [-0.15, -0.1) is 11.3 Å². The van der Waals surface area contributed by atoms with Crippen LogP contribution in [-0.2, 0) is 9.84 Å². The minimum absolute atomic E-state index is 0.0322. The van der Waals surface area contributed by atoms with E-state index in [4.69, 9.17) is 17.3 Å². The summed E-state index contributed by atoms with van der Waals surface area (Å²) >= 11 is 7.56. The second kappa shape index (κ2) is 6.90. The largest absolute Gasteiger partial charge is 0.347 e. The Labute approximate surface area is 165 Å². The summed E-state index contributed by atoms with van der Waals surface area (Å²) in [6.45, 7) is 0. The van der Waals surface area contributed by atoms with Gasteiger partial charge in [0.15, 0.2) is 9.84 Å². The molecule has 0 aliphatic carbocycles. The highest BCUT2D eigenvalue weighted by Crippen LogP contribution is 2.37. The van der Waals surface area contributed by atoms with E-state index in [2.05, 4.69) is 10.4 Å². The molecule has 2 atom stereocenters. The molecule has 1 saturated heterocycles. The zero-order chi connectivity index (χ0) is 19.2. The van der Waals surface area contributed by atoms with Gasteiger partial charge in [0.2, 0.25) is 0 Å². The maximum Gasteiger partial charge on any atom is 0.261 e. The van der Waals surface area contributed by atoms with Crippen LogP contribution in [0.1, 0.15) is 16.1 Å². The number of halogens is 1. The van der Waals surface area contributed by atoms with Crippen molar-refractivity contribution in [2.45, 2.75) is 18.5 Å².